The molecule has 0 heterocycles. The molecule has 112 valence electrons. The van der Waals surface area contributed by atoms with Gasteiger partial charge in [-0.1, -0.05) is 6.08 Å². The Morgan fingerprint density at radius 3 is 2.05 bits per heavy atom. The highest BCUT2D eigenvalue weighted by Gasteiger charge is 2.35. The van der Waals surface area contributed by atoms with Crippen LogP contribution in [0.5, 0.6) is 0 Å². The lowest BCUT2D eigenvalue weighted by Crippen LogP contribution is -2.51. The third kappa shape index (κ3) is 5.23. The van der Waals surface area contributed by atoms with Crippen LogP contribution in [0.2, 0.25) is 0 Å². The van der Waals surface area contributed by atoms with E-state index in [9.17, 15) is 25.2 Å². The minimum atomic E-state index is -2.09. The van der Waals surface area contributed by atoms with Crippen LogP contribution in [0, 0.1) is 0 Å². The fourth-order valence-electron chi connectivity index (χ4n) is 1.10. The number of allylic oxidation sites excluding steroid dienone is 1. The van der Waals surface area contributed by atoms with Crippen LogP contribution < -0.4 is 0 Å². The summed E-state index contributed by atoms with van der Waals surface area (Å²) in [5.41, 5.74) is 0.177. The highest BCUT2D eigenvalue weighted by atomic mass is 16.6. The first kappa shape index (κ1) is 18.0. The van der Waals surface area contributed by atoms with Crippen molar-refractivity contribution < 1.29 is 40.2 Å². The van der Waals surface area contributed by atoms with Crippen molar-refractivity contribution in [1.29, 1.82) is 0 Å². The molecule has 0 rings (SSSR count). The van der Waals surface area contributed by atoms with Crippen molar-refractivity contribution in [2.24, 2.45) is 0 Å². The van der Waals surface area contributed by atoms with E-state index in [0.717, 1.165) is 0 Å². The van der Waals surface area contributed by atoms with Gasteiger partial charge in [0.05, 0.1) is 6.61 Å². The summed E-state index contributed by atoms with van der Waals surface area (Å²) in [5, 5.41) is 55.2. The van der Waals surface area contributed by atoms with Gasteiger partial charge in [0.1, 0.15) is 24.4 Å². The number of aliphatic hydroxyl groups is 6. The van der Waals surface area contributed by atoms with Crippen molar-refractivity contribution >= 4 is 5.97 Å². The second-order valence-corrected chi connectivity index (χ2v) is 3.99. The Morgan fingerprint density at radius 2 is 1.63 bits per heavy atom. The second kappa shape index (κ2) is 8.20. The molecule has 0 amide bonds. The second-order valence-electron chi connectivity index (χ2n) is 3.99. The van der Waals surface area contributed by atoms with Crippen LogP contribution in [0.3, 0.4) is 0 Å². The maximum absolute atomic E-state index is 11.3. The molecular formula is C11H20O8. The van der Waals surface area contributed by atoms with Crippen LogP contribution in [-0.4, -0.2) is 73.9 Å². The predicted octanol–water partition coefficient (Wildman–Crippen LogP) is -2.75. The first-order chi connectivity index (χ1) is 8.76. The fraction of sp³-hybridized carbons (Fsp3) is 0.727. The Labute approximate surface area is 110 Å². The summed E-state index contributed by atoms with van der Waals surface area (Å²) in [6.45, 7) is 2.14. The van der Waals surface area contributed by atoms with Gasteiger partial charge >= 0.3 is 5.97 Å². The minimum Gasteiger partial charge on any atom is -0.430 e. The lowest BCUT2D eigenvalue weighted by atomic mass is 10.0. The highest BCUT2D eigenvalue weighted by molar-refractivity contribution is 5.87. The smallest absolute Gasteiger partial charge is 0.335 e. The van der Waals surface area contributed by atoms with Gasteiger partial charge in [-0.2, -0.15) is 0 Å². The topological polar surface area (TPSA) is 148 Å². The van der Waals surface area contributed by atoms with Gasteiger partial charge in [-0.15, -0.1) is 0 Å². The molecule has 0 aromatic rings. The van der Waals surface area contributed by atoms with Crippen molar-refractivity contribution in [3.05, 3.63) is 11.6 Å². The lowest BCUT2D eigenvalue weighted by molar-refractivity contribution is -0.211. The first-order valence-corrected chi connectivity index (χ1v) is 5.61. The van der Waals surface area contributed by atoms with Gasteiger partial charge < -0.3 is 35.4 Å². The Hall–Kier alpha value is -1.03. The molecule has 0 aromatic carbocycles. The molecule has 0 fully saturated rings. The number of rotatable bonds is 7. The van der Waals surface area contributed by atoms with Crippen LogP contribution in [-0.2, 0) is 9.53 Å². The highest BCUT2D eigenvalue weighted by Crippen LogP contribution is 2.11. The molecule has 0 aliphatic rings. The minimum absolute atomic E-state index is 0.177. The van der Waals surface area contributed by atoms with E-state index < -0.39 is 43.3 Å². The van der Waals surface area contributed by atoms with E-state index >= 15 is 0 Å². The molecule has 0 saturated heterocycles. The standard InChI is InChI=1S/C11H20O8/c1-3-5(2)10(17)19-11(18)9(16)8(15)7(14)6(13)4-12/h3,6-9,11-16,18H,4H2,1-2H3/t6-,7-,8+,9+,11?/m1/s1. The zero-order chi connectivity index (χ0) is 15.2. The maximum atomic E-state index is 11.3. The van der Waals surface area contributed by atoms with Gasteiger partial charge in [0.15, 0.2) is 0 Å². The number of hydrogen-bond acceptors (Lipinski definition) is 8. The molecule has 0 spiro atoms. The van der Waals surface area contributed by atoms with Crippen LogP contribution in [0.4, 0.5) is 0 Å². The Bertz CT molecular complexity index is 316. The lowest BCUT2D eigenvalue weighted by Gasteiger charge is -2.28. The van der Waals surface area contributed by atoms with E-state index in [1.807, 2.05) is 0 Å². The summed E-state index contributed by atoms with van der Waals surface area (Å²) in [6, 6.07) is 0. The number of esters is 1. The summed E-state index contributed by atoms with van der Waals surface area (Å²) >= 11 is 0. The van der Waals surface area contributed by atoms with E-state index in [1.165, 1.54) is 13.0 Å². The van der Waals surface area contributed by atoms with Gasteiger partial charge in [-0.05, 0) is 13.8 Å². The van der Waals surface area contributed by atoms with Crippen molar-refractivity contribution in [3.8, 4) is 0 Å². The molecule has 0 bridgehead atoms. The fourth-order valence-corrected chi connectivity index (χ4v) is 1.10. The van der Waals surface area contributed by atoms with Crippen molar-refractivity contribution in [2.45, 2.75) is 44.6 Å². The van der Waals surface area contributed by atoms with E-state index in [-0.39, 0.29) is 5.57 Å². The summed E-state index contributed by atoms with van der Waals surface area (Å²) in [5.74, 6) is -0.904. The van der Waals surface area contributed by atoms with Gasteiger partial charge in [0.25, 0.3) is 0 Å². The average molecular weight is 280 g/mol. The van der Waals surface area contributed by atoms with E-state index in [0.29, 0.717) is 0 Å². The van der Waals surface area contributed by atoms with Gasteiger partial charge in [0.2, 0.25) is 6.29 Å². The molecule has 5 atom stereocenters. The monoisotopic (exact) mass is 280 g/mol. The third-order valence-corrected chi connectivity index (χ3v) is 2.56. The van der Waals surface area contributed by atoms with Gasteiger partial charge in [0, 0.05) is 5.57 Å². The molecule has 19 heavy (non-hydrogen) atoms. The Kier molecular flexibility index (Phi) is 7.76. The van der Waals surface area contributed by atoms with Gasteiger partial charge in [-0.25, -0.2) is 4.79 Å². The summed E-state index contributed by atoms with van der Waals surface area (Å²) in [7, 11) is 0. The molecule has 0 radical (unpaired) electrons. The van der Waals surface area contributed by atoms with E-state index in [4.69, 9.17) is 10.2 Å². The molecule has 0 aliphatic carbocycles. The summed E-state index contributed by atoms with van der Waals surface area (Å²) < 4.78 is 4.43. The molecule has 6 N–H and O–H groups in total. The Balaban J connectivity index is 4.56. The predicted molar refractivity (Wildman–Crippen MR) is 62.6 cm³/mol. The van der Waals surface area contributed by atoms with Crippen LogP contribution in [0.15, 0.2) is 11.6 Å². The zero-order valence-corrected chi connectivity index (χ0v) is 10.7. The van der Waals surface area contributed by atoms with E-state index in [1.54, 1.807) is 6.92 Å². The van der Waals surface area contributed by atoms with Crippen molar-refractivity contribution in [1.82, 2.24) is 0 Å². The number of hydrogen-bond donors (Lipinski definition) is 6. The molecule has 0 saturated carbocycles. The average Bonchev–Trinajstić information content (AvgIpc) is 2.42. The molecule has 0 aromatic heterocycles. The quantitative estimate of drug-likeness (QED) is 0.167. The SMILES string of the molecule is CC=C(C)C(=O)OC(O)[C@@H](O)[C@@H](O)[C@H](O)[C@H](O)CO. The Morgan fingerprint density at radius 1 is 1.11 bits per heavy atom. The van der Waals surface area contributed by atoms with Crippen LogP contribution in [0.25, 0.3) is 0 Å². The van der Waals surface area contributed by atoms with Crippen LogP contribution >= 0.6 is 0 Å². The summed E-state index contributed by atoms with van der Waals surface area (Å²) in [4.78, 5) is 11.3. The molecule has 8 nitrogen and oxygen atoms in total. The number of carbonyl (C=O) groups excluding carboxylic acids is 1. The molecule has 8 heteroatoms. The third-order valence-electron chi connectivity index (χ3n) is 2.56. The van der Waals surface area contributed by atoms with E-state index in [2.05, 4.69) is 4.74 Å². The maximum Gasteiger partial charge on any atom is 0.335 e. The van der Waals surface area contributed by atoms with Gasteiger partial charge in [-0.3, -0.25) is 0 Å². The number of ether oxygens (including phenoxy) is 1. The normalized spacial score (nSPS) is 20.3. The molecular weight excluding hydrogens is 260 g/mol. The summed E-state index contributed by atoms with van der Waals surface area (Å²) in [6.07, 6.45) is -8.32. The van der Waals surface area contributed by atoms with Crippen molar-refractivity contribution in [3.63, 3.8) is 0 Å². The first-order valence-electron chi connectivity index (χ1n) is 5.61. The molecule has 1 unspecified atom stereocenters. The number of aliphatic hydroxyl groups excluding tert-OH is 6. The largest absolute Gasteiger partial charge is 0.430 e. The zero-order valence-electron chi connectivity index (χ0n) is 10.7. The van der Waals surface area contributed by atoms with Crippen molar-refractivity contribution in [2.75, 3.05) is 6.61 Å². The van der Waals surface area contributed by atoms with Crippen LogP contribution in [0.1, 0.15) is 13.8 Å². The number of carbonyl (C=O) groups is 1. The molecule has 0 aliphatic heterocycles.